The molecule has 4 nitrogen and oxygen atoms in total. The second-order valence-corrected chi connectivity index (χ2v) is 7.07. The van der Waals surface area contributed by atoms with Gasteiger partial charge in [-0.3, -0.25) is 0 Å². The molecule has 1 rings (SSSR count). The van der Waals surface area contributed by atoms with Gasteiger partial charge in [-0.15, -0.1) is 11.8 Å². The predicted molar refractivity (Wildman–Crippen MR) is 83.6 cm³/mol. The standard InChI is InChI=1S/C11H20N2O2S3/c1-11(2,3)15-10(14)12-6-8(17)13-4-5-18-9(13)7-16/h9,16H,4-7H2,1-3H3,(H,12,14). The highest BCUT2D eigenvalue weighted by molar-refractivity contribution is 8.00. The van der Waals surface area contributed by atoms with E-state index in [1.54, 1.807) is 0 Å². The van der Waals surface area contributed by atoms with Gasteiger partial charge in [-0.1, -0.05) is 12.2 Å². The molecule has 0 spiro atoms. The Morgan fingerprint density at radius 1 is 1.61 bits per heavy atom. The normalized spacial score (nSPS) is 19.8. The molecule has 0 aromatic carbocycles. The predicted octanol–water partition coefficient (Wildman–Crippen LogP) is 2.14. The maximum atomic E-state index is 11.5. The quantitative estimate of drug-likeness (QED) is 0.618. The molecule has 0 saturated carbocycles. The van der Waals surface area contributed by atoms with E-state index in [0.717, 1.165) is 23.0 Å². The smallest absolute Gasteiger partial charge is 0.408 e. The van der Waals surface area contributed by atoms with Crippen molar-refractivity contribution in [1.29, 1.82) is 0 Å². The van der Waals surface area contributed by atoms with Crippen LogP contribution in [-0.4, -0.2) is 51.6 Å². The van der Waals surface area contributed by atoms with Crippen LogP contribution in [0.3, 0.4) is 0 Å². The highest BCUT2D eigenvalue weighted by Gasteiger charge is 2.26. The number of ether oxygens (including phenoxy) is 1. The van der Waals surface area contributed by atoms with Crippen molar-refractivity contribution in [3.8, 4) is 0 Å². The fourth-order valence-corrected chi connectivity index (χ4v) is 3.48. The van der Waals surface area contributed by atoms with Crippen molar-refractivity contribution in [2.75, 3.05) is 24.6 Å². The zero-order valence-electron chi connectivity index (χ0n) is 10.9. The Labute approximate surface area is 124 Å². The maximum Gasteiger partial charge on any atom is 0.408 e. The highest BCUT2D eigenvalue weighted by Crippen LogP contribution is 2.24. The number of amides is 1. The van der Waals surface area contributed by atoms with Crippen LogP contribution in [0.2, 0.25) is 0 Å². The minimum Gasteiger partial charge on any atom is -0.444 e. The molecule has 1 aliphatic heterocycles. The summed E-state index contributed by atoms with van der Waals surface area (Å²) < 4.78 is 5.16. The summed E-state index contributed by atoms with van der Waals surface area (Å²) in [6.45, 7) is 6.76. The minimum atomic E-state index is -0.483. The van der Waals surface area contributed by atoms with Crippen LogP contribution in [0.15, 0.2) is 0 Å². The number of carbonyl (C=O) groups is 1. The lowest BCUT2D eigenvalue weighted by Gasteiger charge is -2.25. The average Bonchev–Trinajstić information content (AvgIpc) is 2.71. The number of nitrogens with zero attached hydrogens (tertiary/aromatic N) is 1. The van der Waals surface area contributed by atoms with Crippen molar-refractivity contribution in [1.82, 2.24) is 10.2 Å². The van der Waals surface area contributed by atoms with E-state index in [2.05, 4.69) is 22.8 Å². The molecule has 1 fully saturated rings. The molecule has 7 heteroatoms. The van der Waals surface area contributed by atoms with E-state index in [1.807, 2.05) is 32.5 Å². The molecule has 1 aliphatic rings. The summed E-state index contributed by atoms with van der Waals surface area (Å²) in [5, 5.41) is 3.00. The Morgan fingerprint density at radius 2 is 2.28 bits per heavy atom. The number of thiocarbonyl (C=S) groups is 1. The van der Waals surface area contributed by atoms with Crippen molar-refractivity contribution in [3.05, 3.63) is 0 Å². The molecule has 1 N–H and O–H groups in total. The third-order valence-electron chi connectivity index (χ3n) is 2.25. The van der Waals surface area contributed by atoms with Crippen LogP contribution in [0.5, 0.6) is 0 Å². The Morgan fingerprint density at radius 3 is 2.83 bits per heavy atom. The molecule has 0 radical (unpaired) electrons. The van der Waals surface area contributed by atoms with Crippen molar-refractivity contribution in [2.24, 2.45) is 0 Å². The van der Waals surface area contributed by atoms with E-state index >= 15 is 0 Å². The largest absolute Gasteiger partial charge is 0.444 e. The maximum absolute atomic E-state index is 11.5. The average molecular weight is 308 g/mol. The highest BCUT2D eigenvalue weighted by atomic mass is 32.2. The van der Waals surface area contributed by atoms with Crippen LogP contribution in [-0.2, 0) is 4.74 Å². The molecule has 1 unspecified atom stereocenters. The van der Waals surface area contributed by atoms with Gasteiger partial charge in [0.25, 0.3) is 0 Å². The summed E-state index contributed by atoms with van der Waals surface area (Å²) in [4.78, 5) is 14.4. The van der Waals surface area contributed by atoms with Gasteiger partial charge in [-0.25, -0.2) is 4.79 Å². The SMILES string of the molecule is CC(C)(C)OC(=O)NCC(=S)N1CCSC1CS. The molecule has 1 amide bonds. The fraction of sp³-hybridized carbons (Fsp3) is 0.818. The van der Waals surface area contributed by atoms with E-state index in [-0.39, 0.29) is 0 Å². The first-order valence-corrected chi connectivity index (χ1v) is 7.91. The van der Waals surface area contributed by atoms with Crippen LogP contribution < -0.4 is 5.32 Å². The van der Waals surface area contributed by atoms with E-state index in [0.29, 0.717) is 11.9 Å². The summed E-state index contributed by atoms with van der Waals surface area (Å²) in [7, 11) is 0. The van der Waals surface area contributed by atoms with Gasteiger partial charge in [0.1, 0.15) is 5.60 Å². The molecule has 0 aromatic heterocycles. The number of thiol groups is 1. The zero-order chi connectivity index (χ0) is 13.8. The van der Waals surface area contributed by atoms with E-state index < -0.39 is 11.7 Å². The first-order chi connectivity index (χ1) is 8.33. The lowest BCUT2D eigenvalue weighted by atomic mass is 10.2. The lowest BCUT2D eigenvalue weighted by molar-refractivity contribution is 0.0535. The number of thioether (sulfide) groups is 1. The number of hydrogen-bond acceptors (Lipinski definition) is 5. The van der Waals surface area contributed by atoms with Gasteiger partial charge >= 0.3 is 6.09 Å². The minimum absolute atomic E-state index is 0.321. The number of carbonyl (C=O) groups excluding carboxylic acids is 1. The monoisotopic (exact) mass is 308 g/mol. The molecular formula is C11H20N2O2S3. The van der Waals surface area contributed by atoms with Crippen LogP contribution in [0.1, 0.15) is 20.8 Å². The molecule has 1 atom stereocenters. The van der Waals surface area contributed by atoms with Gasteiger partial charge in [-0.2, -0.15) is 12.6 Å². The van der Waals surface area contributed by atoms with E-state index in [1.165, 1.54) is 0 Å². The Hall–Kier alpha value is -0.140. The van der Waals surface area contributed by atoms with Crippen molar-refractivity contribution in [2.45, 2.75) is 31.7 Å². The number of alkyl carbamates (subject to hydrolysis) is 1. The number of nitrogens with one attached hydrogen (secondary N) is 1. The second kappa shape index (κ2) is 6.86. The van der Waals surface area contributed by atoms with Crippen molar-refractivity contribution >= 4 is 47.7 Å². The van der Waals surface area contributed by atoms with Gasteiger partial charge in [0.05, 0.1) is 16.9 Å². The summed E-state index contributed by atoms with van der Waals surface area (Å²) in [6, 6.07) is 0. The first-order valence-electron chi connectivity index (χ1n) is 5.82. The molecule has 104 valence electrons. The second-order valence-electron chi connectivity index (χ2n) is 4.95. The van der Waals surface area contributed by atoms with E-state index in [4.69, 9.17) is 17.0 Å². The van der Waals surface area contributed by atoms with Crippen molar-refractivity contribution < 1.29 is 9.53 Å². The fourth-order valence-electron chi connectivity index (χ4n) is 1.52. The van der Waals surface area contributed by atoms with Crippen LogP contribution >= 0.6 is 36.6 Å². The molecule has 1 heterocycles. The van der Waals surface area contributed by atoms with Gasteiger partial charge < -0.3 is 15.0 Å². The van der Waals surface area contributed by atoms with Crippen LogP contribution in [0.25, 0.3) is 0 Å². The molecule has 0 aromatic rings. The third-order valence-corrected chi connectivity index (χ3v) is 4.45. The van der Waals surface area contributed by atoms with Gasteiger partial charge in [0.15, 0.2) is 0 Å². The summed E-state index contributed by atoms with van der Waals surface area (Å²) in [5.41, 5.74) is -0.483. The Balaban J connectivity index is 2.35. The third kappa shape index (κ3) is 5.24. The first kappa shape index (κ1) is 15.9. The van der Waals surface area contributed by atoms with Crippen LogP contribution in [0, 0.1) is 0 Å². The zero-order valence-corrected chi connectivity index (χ0v) is 13.5. The van der Waals surface area contributed by atoms with Crippen LogP contribution in [0.4, 0.5) is 4.79 Å². The molecule has 1 saturated heterocycles. The summed E-state index contributed by atoms with van der Waals surface area (Å²) >= 11 is 11.5. The molecule has 0 aliphatic carbocycles. The molecule has 18 heavy (non-hydrogen) atoms. The summed E-state index contributed by atoms with van der Waals surface area (Å²) in [5.74, 6) is 1.81. The topological polar surface area (TPSA) is 41.6 Å². The summed E-state index contributed by atoms with van der Waals surface area (Å²) in [6.07, 6.45) is -0.431. The lowest BCUT2D eigenvalue weighted by Crippen LogP contribution is -2.43. The van der Waals surface area contributed by atoms with Gasteiger partial charge in [0, 0.05) is 18.1 Å². The molecular weight excluding hydrogens is 288 g/mol. The number of rotatable bonds is 3. The van der Waals surface area contributed by atoms with Gasteiger partial charge in [-0.05, 0) is 20.8 Å². The Bertz CT molecular complexity index is 318. The van der Waals surface area contributed by atoms with E-state index in [9.17, 15) is 4.79 Å². The Kier molecular flexibility index (Phi) is 6.07. The van der Waals surface area contributed by atoms with Crippen molar-refractivity contribution in [3.63, 3.8) is 0 Å². The number of hydrogen-bond donors (Lipinski definition) is 2. The molecule has 0 bridgehead atoms. The van der Waals surface area contributed by atoms with Gasteiger partial charge in [0.2, 0.25) is 0 Å².